The van der Waals surface area contributed by atoms with Gasteiger partial charge in [-0.15, -0.1) is 0 Å². The van der Waals surface area contributed by atoms with E-state index in [0.29, 0.717) is 6.54 Å². The highest BCUT2D eigenvalue weighted by Gasteiger charge is 2.40. The molecular formula is C16H22INO2. The van der Waals surface area contributed by atoms with Crippen molar-refractivity contribution in [2.75, 3.05) is 0 Å². The second-order valence-corrected chi connectivity index (χ2v) is 7.48. The van der Waals surface area contributed by atoms with Gasteiger partial charge in [-0.3, -0.25) is 4.79 Å². The van der Waals surface area contributed by atoms with Crippen LogP contribution in [0.5, 0.6) is 0 Å². The quantitative estimate of drug-likeness (QED) is 0.726. The molecule has 1 saturated heterocycles. The van der Waals surface area contributed by atoms with E-state index in [1.54, 1.807) is 6.07 Å². The van der Waals surface area contributed by atoms with Crippen LogP contribution in [0.2, 0.25) is 0 Å². The number of hydrogen-bond acceptors (Lipinski definition) is 2. The van der Waals surface area contributed by atoms with E-state index >= 15 is 0 Å². The Balaban J connectivity index is 1.70. The van der Waals surface area contributed by atoms with Gasteiger partial charge in [0.05, 0.1) is 18.2 Å². The van der Waals surface area contributed by atoms with Crippen LogP contribution in [0.25, 0.3) is 0 Å². The van der Waals surface area contributed by atoms with Gasteiger partial charge in [0, 0.05) is 15.8 Å². The van der Waals surface area contributed by atoms with E-state index < -0.39 is 0 Å². The van der Waals surface area contributed by atoms with Crippen LogP contribution in [0.4, 0.5) is 0 Å². The molecule has 1 spiro atoms. The Bertz CT molecular complexity index is 546. The molecule has 0 radical (unpaired) electrons. The zero-order valence-corrected chi connectivity index (χ0v) is 14.2. The van der Waals surface area contributed by atoms with Crippen LogP contribution in [0.3, 0.4) is 0 Å². The predicted octanol–water partition coefficient (Wildman–Crippen LogP) is 3.64. The smallest absolute Gasteiger partial charge is 0.250 e. The Hall–Kier alpha value is -0.360. The van der Waals surface area contributed by atoms with Crippen molar-refractivity contribution in [2.24, 2.45) is 0 Å². The first-order valence-electron chi connectivity index (χ1n) is 7.62. The zero-order valence-electron chi connectivity index (χ0n) is 12.0. The van der Waals surface area contributed by atoms with Crippen LogP contribution in [0.1, 0.15) is 50.5 Å². The molecule has 20 heavy (non-hydrogen) atoms. The molecule has 1 aliphatic heterocycles. The minimum Gasteiger partial charge on any atom is -0.370 e. The van der Waals surface area contributed by atoms with Gasteiger partial charge in [-0.1, -0.05) is 19.3 Å². The minimum atomic E-state index is 0.0936. The lowest BCUT2D eigenvalue weighted by Gasteiger charge is -2.33. The van der Waals surface area contributed by atoms with E-state index in [-0.39, 0.29) is 17.3 Å². The molecule has 0 aromatic carbocycles. The number of aromatic nitrogens is 1. The fraction of sp³-hybridized carbons (Fsp3) is 0.688. The molecule has 0 bridgehead atoms. The third-order valence-corrected chi connectivity index (χ3v) is 5.90. The van der Waals surface area contributed by atoms with Crippen molar-refractivity contribution in [3.8, 4) is 0 Å². The van der Waals surface area contributed by atoms with Crippen molar-refractivity contribution in [2.45, 2.75) is 70.1 Å². The summed E-state index contributed by atoms with van der Waals surface area (Å²) in [6.45, 7) is 2.69. The second-order valence-electron chi connectivity index (χ2n) is 6.32. The summed E-state index contributed by atoms with van der Waals surface area (Å²) in [6.07, 6.45) is 10.8. The lowest BCUT2D eigenvalue weighted by atomic mass is 9.83. The Morgan fingerprint density at radius 3 is 2.85 bits per heavy atom. The SMILES string of the molecule is Cc1cc(=O)n(CC2CCC3(CCCCC3)O2)cc1I. The number of halogens is 1. The summed E-state index contributed by atoms with van der Waals surface area (Å²) in [6, 6.07) is 1.73. The first-order chi connectivity index (χ1) is 9.58. The largest absolute Gasteiger partial charge is 0.370 e. The summed E-state index contributed by atoms with van der Waals surface area (Å²) in [4.78, 5) is 12.1. The normalized spacial score (nSPS) is 25.2. The molecule has 4 heteroatoms. The van der Waals surface area contributed by atoms with Crippen LogP contribution in [0, 0.1) is 10.5 Å². The highest BCUT2D eigenvalue weighted by Crippen LogP contribution is 2.42. The summed E-state index contributed by atoms with van der Waals surface area (Å²) < 4.78 is 9.32. The maximum Gasteiger partial charge on any atom is 0.250 e. The van der Waals surface area contributed by atoms with Crippen LogP contribution in [-0.4, -0.2) is 16.3 Å². The van der Waals surface area contributed by atoms with Crippen molar-refractivity contribution in [3.05, 3.63) is 31.8 Å². The van der Waals surface area contributed by atoms with Gasteiger partial charge in [0.15, 0.2) is 0 Å². The highest BCUT2D eigenvalue weighted by molar-refractivity contribution is 14.1. The van der Waals surface area contributed by atoms with Crippen LogP contribution < -0.4 is 5.56 Å². The second kappa shape index (κ2) is 5.79. The van der Waals surface area contributed by atoms with Crippen LogP contribution >= 0.6 is 22.6 Å². The molecule has 1 atom stereocenters. The summed E-state index contributed by atoms with van der Waals surface area (Å²) in [5.41, 5.74) is 1.30. The Labute approximate surface area is 133 Å². The number of rotatable bonds is 2. The van der Waals surface area contributed by atoms with E-state index in [1.807, 2.05) is 17.7 Å². The van der Waals surface area contributed by atoms with Gasteiger partial charge in [0.1, 0.15) is 0 Å². The average Bonchev–Trinajstić information content (AvgIpc) is 2.79. The van der Waals surface area contributed by atoms with Crippen molar-refractivity contribution < 1.29 is 4.74 Å². The topological polar surface area (TPSA) is 31.2 Å². The van der Waals surface area contributed by atoms with Crippen molar-refractivity contribution in [1.82, 2.24) is 4.57 Å². The molecule has 1 aromatic rings. The van der Waals surface area contributed by atoms with E-state index in [0.717, 1.165) is 15.6 Å². The predicted molar refractivity (Wildman–Crippen MR) is 88.1 cm³/mol. The molecule has 1 saturated carbocycles. The van der Waals surface area contributed by atoms with Gasteiger partial charge in [-0.25, -0.2) is 0 Å². The molecule has 1 aliphatic carbocycles. The number of hydrogen-bond donors (Lipinski definition) is 0. The van der Waals surface area contributed by atoms with E-state index in [1.165, 1.54) is 38.5 Å². The maximum atomic E-state index is 12.1. The summed E-state index contributed by atoms with van der Waals surface area (Å²) in [5.74, 6) is 0. The zero-order chi connectivity index (χ0) is 14.2. The Morgan fingerprint density at radius 2 is 2.10 bits per heavy atom. The minimum absolute atomic E-state index is 0.0936. The maximum absolute atomic E-state index is 12.1. The van der Waals surface area contributed by atoms with Crippen molar-refractivity contribution in [3.63, 3.8) is 0 Å². The van der Waals surface area contributed by atoms with Crippen LogP contribution in [0.15, 0.2) is 17.1 Å². The molecule has 2 fully saturated rings. The fourth-order valence-electron chi connectivity index (χ4n) is 3.59. The molecule has 2 heterocycles. The molecule has 0 N–H and O–H groups in total. The molecule has 0 amide bonds. The van der Waals surface area contributed by atoms with Gasteiger partial charge in [-0.2, -0.15) is 0 Å². The third-order valence-electron chi connectivity index (χ3n) is 4.77. The van der Waals surface area contributed by atoms with Crippen molar-refractivity contribution >= 4 is 22.6 Å². The third kappa shape index (κ3) is 2.96. The standard InChI is InChI=1S/C16H22INO2/c1-12-9-15(19)18(11-14(12)17)10-13-5-8-16(20-13)6-3-2-4-7-16/h9,11,13H,2-8,10H2,1H3. The Morgan fingerprint density at radius 1 is 1.35 bits per heavy atom. The van der Waals surface area contributed by atoms with E-state index in [4.69, 9.17) is 4.74 Å². The monoisotopic (exact) mass is 387 g/mol. The average molecular weight is 387 g/mol. The van der Waals surface area contributed by atoms with Gasteiger partial charge < -0.3 is 9.30 Å². The van der Waals surface area contributed by atoms with E-state index in [9.17, 15) is 4.79 Å². The lowest BCUT2D eigenvalue weighted by molar-refractivity contribution is -0.0682. The summed E-state index contributed by atoms with van der Waals surface area (Å²) in [7, 11) is 0. The molecule has 1 unspecified atom stereocenters. The highest BCUT2D eigenvalue weighted by atomic mass is 127. The number of pyridine rings is 1. The lowest BCUT2D eigenvalue weighted by Crippen LogP contribution is -2.33. The molecule has 1 aromatic heterocycles. The first-order valence-corrected chi connectivity index (χ1v) is 8.70. The molecule has 110 valence electrons. The van der Waals surface area contributed by atoms with Gasteiger partial charge in [-0.05, 0) is 60.8 Å². The van der Waals surface area contributed by atoms with Crippen LogP contribution in [-0.2, 0) is 11.3 Å². The molecular weight excluding hydrogens is 365 g/mol. The molecule has 2 aliphatic rings. The van der Waals surface area contributed by atoms with E-state index in [2.05, 4.69) is 22.6 Å². The fourth-order valence-corrected chi connectivity index (χ4v) is 4.08. The van der Waals surface area contributed by atoms with Gasteiger partial charge in [0.25, 0.3) is 5.56 Å². The number of nitrogens with zero attached hydrogens (tertiary/aromatic N) is 1. The molecule has 3 nitrogen and oxygen atoms in total. The van der Waals surface area contributed by atoms with Gasteiger partial charge >= 0.3 is 0 Å². The summed E-state index contributed by atoms with van der Waals surface area (Å²) >= 11 is 2.29. The molecule has 3 rings (SSSR count). The summed E-state index contributed by atoms with van der Waals surface area (Å²) in [5, 5.41) is 0. The first kappa shape index (κ1) is 14.6. The Kier molecular flexibility index (Phi) is 4.22. The van der Waals surface area contributed by atoms with Crippen molar-refractivity contribution in [1.29, 1.82) is 0 Å². The van der Waals surface area contributed by atoms with Gasteiger partial charge in [0.2, 0.25) is 0 Å². The number of ether oxygens (including phenoxy) is 1. The number of aryl methyl sites for hydroxylation is 1.